The van der Waals surface area contributed by atoms with Gasteiger partial charge in [0.15, 0.2) is 5.69 Å². The average Bonchev–Trinajstić information content (AvgIpc) is 3.06. The summed E-state index contributed by atoms with van der Waals surface area (Å²) in [5, 5.41) is 10.5. The molecule has 0 spiro atoms. The molecule has 1 atom stereocenters. The Kier molecular flexibility index (Phi) is 5.65. The molecule has 2 amide bonds. The zero-order valence-corrected chi connectivity index (χ0v) is 14.5. The molecule has 0 bridgehead atoms. The number of hydrogen-bond acceptors (Lipinski definition) is 4. The third kappa shape index (κ3) is 4.17. The van der Waals surface area contributed by atoms with E-state index in [1.165, 1.54) is 0 Å². The number of aromatic nitrogens is 2. The molecule has 7 nitrogen and oxygen atoms in total. The van der Waals surface area contributed by atoms with Crippen molar-refractivity contribution in [2.45, 2.75) is 32.3 Å². The highest BCUT2D eigenvalue weighted by Crippen LogP contribution is 2.15. The highest BCUT2D eigenvalue weighted by Gasteiger charge is 2.23. The number of para-hydroxylation sites is 1. The molecule has 0 unspecified atom stereocenters. The lowest BCUT2D eigenvalue weighted by molar-refractivity contribution is -0.135. The van der Waals surface area contributed by atoms with Crippen LogP contribution in [0.15, 0.2) is 24.3 Å². The normalized spacial score (nSPS) is 17.6. The number of amides is 2. The van der Waals surface area contributed by atoms with E-state index in [9.17, 15) is 9.59 Å². The van der Waals surface area contributed by atoms with Crippen molar-refractivity contribution >= 4 is 22.7 Å². The molecule has 1 aliphatic rings. The Morgan fingerprint density at radius 1 is 1.40 bits per heavy atom. The fourth-order valence-electron chi connectivity index (χ4n) is 3.20. The van der Waals surface area contributed by atoms with Crippen LogP contribution < -0.4 is 5.32 Å². The summed E-state index contributed by atoms with van der Waals surface area (Å²) in [6.07, 6.45) is 2.38. The summed E-state index contributed by atoms with van der Waals surface area (Å²) in [6, 6.07) is 7.46. The summed E-state index contributed by atoms with van der Waals surface area (Å²) in [5.41, 5.74) is 1.18. The molecule has 2 aromatic rings. The Bertz CT molecular complexity index is 741. The maximum Gasteiger partial charge on any atom is 0.272 e. The fraction of sp³-hybridized carbons (Fsp3) is 0.500. The smallest absolute Gasteiger partial charge is 0.272 e. The third-order valence-corrected chi connectivity index (χ3v) is 4.44. The van der Waals surface area contributed by atoms with Gasteiger partial charge in [-0.1, -0.05) is 18.2 Å². The molecule has 2 N–H and O–H groups in total. The molecular formula is C18H24N4O3. The number of carbonyl (C=O) groups is 2. The Hall–Kier alpha value is -2.41. The summed E-state index contributed by atoms with van der Waals surface area (Å²) in [7, 11) is 0. The standard InChI is InChI=1S/C18H24N4O3/c1-2-25-13-6-5-11-22(12-13)16(23)9-10-19-18(24)17-14-7-3-4-8-15(14)20-21-17/h3-4,7-8,13H,2,5-6,9-12H2,1H3,(H,19,24)(H,20,21)/t13-/m1/s1. The van der Waals surface area contributed by atoms with Crippen LogP contribution in [0.4, 0.5) is 0 Å². The summed E-state index contributed by atoms with van der Waals surface area (Å²) in [6.45, 7) is 4.34. The zero-order valence-electron chi connectivity index (χ0n) is 14.5. The number of fused-ring (bicyclic) bond motifs is 1. The third-order valence-electron chi connectivity index (χ3n) is 4.44. The van der Waals surface area contributed by atoms with Gasteiger partial charge in [0.2, 0.25) is 5.91 Å². The number of rotatable bonds is 6. The van der Waals surface area contributed by atoms with E-state index in [4.69, 9.17) is 4.74 Å². The van der Waals surface area contributed by atoms with E-state index < -0.39 is 0 Å². The molecule has 0 saturated carbocycles. The van der Waals surface area contributed by atoms with E-state index in [1.54, 1.807) is 0 Å². The molecule has 1 saturated heterocycles. The number of nitrogens with zero attached hydrogens (tertiary/aromatic N) is 2. The molecule has 1 aromatic heterocycles. The van der Waals surface area contributed by atoms with Crippen molar-refractivity contribution in [3.8, 4) is 0 Å². The van der Waals surface area contributed by atoms with Crippen molar-refractivity contribution in [1.82, 2.24) is 20.4 Å². The van der Waals surface area contributed by atoms with Gasteiger partial charge in [-0.05, 0) is 25.8 Å². The van der Waals surface area contributed by atoms with Gasteiger partial charge in [-0.15, -0.1) is 0 Å². The van der Waals surface area contributed by atoms with Crippen LogP contribution in [-0.2, 0) is 9.53 Å². The molecule has 0 aliphatic carbocycles. The first-order valence-corrected chi connectivity index (χ1v) is 8.79. The lowest BCUT2D eigenvalue weighted by atomic mass is 10.1. The summed E-state index contributed by atoms with van der Waals surface area (Å²) in [4.78, 5) is 26.4. The predicted octanol–water partition coefficient (Wildman–Crippen LogP) is 1.71. The summed E-state index contributed by atoms with van der Waals surface area (Å²) >= 11 is 0. The Morgan fingerprint density at radius 2 is 2.24 bits per heavy atom. The highest BCUT2D eigenvalue weighted by molar-refractivity contribution is 6.04. The quantitative estimate of drug-likeness (QED) is 0.835. The van der Waals surface area contributed by atoms with E-state index in [2.05, 4.69) is 15.5 Å². The van der Waals surface area contributed by atoms with E-state index in [-0.39, 0.29) is 24.3 Å². The molecular weight excluding hydrogens is 320 g/mol. The van der Waals surface area contributed by atoms with Gasteiger partial charge >= 0.3 is 0 Å². The first-order chi connectivity index (χ1) is 12.2. The number of hydrogen-bond donors (Lipinski definition) is 2. The number of piperidine rings is 1. The second-order valence-electron chi connectivity index (χ2n) is 6.18. The molecule has 1 aliphatic heterocycles. The maximum atomic E-state index is 12.3. The number of benzene rings is 1. The van der Waals surface area contributed by atoms with E-state index >= 15 is 0 Å². The number of likely N-dealkylation sites (tertiary alicyclic amines) is 1. The van der Waals surface area contributed by atoms with Crippen LogP contribution in [0.2, 0.25) is 0 Å². The summed E-state index contributed by atoms with van der Waals surface area (Å²) < 4.78 is 5.62. The van der Waals surface area contributed by atoms with Gasteiger partial charge in [-0.3, -0.25) is 14.7 Å². The van der Waals surface area contributed by atoms with Crippen molar-refractivity contribution in [1.29, 1.82) is 0 Å². The van der Waals surface area contributed by atoms with Crippen LogP contribution in [0, 0.1) is 0 Å². The van der Waals surface area contributed by atoms with Crippen LogP contribution in [-0.4, -0.2) is 59.3 Å². The maximum absolute atomic E-state index is 12.3. The van der Waals surface area contributed by atoms with Gasteiger partial charge in [-0.2, -0.15) is 5.10 Å². The first-order valence-electron chi connectivity index (χ1n) is 8.79. The first kappa shape index (κ1) is 17.4. The molecule has 134 valence electrons. The van der Waals surface area contributed by atoms with Gasteiger partial charge in [0.25, 0.3) is 5.91 Å². The minimum absolute atomic E-state index is 0.0524. The monoisotopic (exact) mass is 344 g/mol. The number of carbonyl (C=O) groups excluding carboxylic acids is 2. The van der Waals surface area contributed by atoms with Crippen LogP contribution in [0.1, 0.15) is 36.7 Å². The Balaban J connectivity index is 1.49. The number of ether oxygens (including phenoxy) is 1. The van der Waals surface area contributed by atoms with E-state index in [1.807, 2.05) is 36.1 Å². The lowest BCUT2D eigenvalue weighted by Gasteiger charge is -2.32. The number of nitrogens with one attached hydrogen (secondary N) is 2. The van der Waals surface area contributed by atoms with Gasteiger partial charge in [0, 0.05) is 38.0 Å². The molecule has 1 fully saturated rings. The Labute approximate surface area is 146 Å². The average molecular weight is 344 g/mol. The van der Waals surface area contributed by atoms with Crippen LogP contribution in [0.25, 0.3) is 10.9 Å². The molecule has 7 heteroatoms. The lowest BCUT2D eigenvalue weighted by Crippen LogP contribution is -2.44. The van der Waals surface area contributed by atoms with Crippen molar-refractivity contribution < 1.29 is 14.3 Å². The van der Waals surface area contributed by atoms with Crippen LogP contribution in [0.5, 0.6) is 0 Å². The zero-order chi connectivity index (χ0) is 17.6. The molecule has 0 radical (unpaired) electrons. The van der Waals surface area contributed by atoms with Gasteiger partial charge < -0.3 is 15.0 Å². The van der Waals surface area contributed by atoms with Gasteiger partial charge in [0.05, 0.1) is 11.6 Å². The van der Waals surface area contributed by atoms with Crippen molar-refractivity contribution in [2.24, 2.45) is 0 Å². The fourth-order valence-corrected chi connectivity index (χ4v) is 3.20. The van der Waals surface area contributed by atoms with Crippen LogP contribution >= 0.6 is 0 Å². The number of H-pyrrole nitrogens is 1. The minimum Gasteiger partial charge on any atom is -0.377 e. The number of aromatic amines is 1. The Morgan fingerprint density at radius 3 is 3.08 bits per heavy atom. The van der Waals surface area contributed by atoms with Crippen LogP contribution in [0.3, 0.4) is 0 Å². The van der Waals surface area contributed by atoms with Crippen molar-refractivity contribution in [2.75, 3.05) is 26.2 Å². The SMILES string of the molecule is CCO[C@@H]1CCCN(C(=O)CCNC(=O)c2n[nH]c3ccccc23)C1. The second kappa shape index (κ2) is 8.11. The van der Waals surface area contributed by atoms with E-state index in [0.29, 0.717) is 25.4 Å². The molecule has 2 heterocycles. The molecule has 25 heavy (non-hydrogen) atoms. The van der Waals surface area contributed by atoms with Gasteiger partial charge in [-0.25, -0.2) is 0 Å². The predicted molar refractivity (Wildman–Crippen MR) is 94.3 cm³/mol. The highest BCUT2D eigenvalue weighted by atomic mass is 16.5. The molecule has 3 rings (SSSR count). The van der Waals surface area contributed by atoms with Crippen molar-refractivity contribution in [3.05, 3.63) is 30.0 Å². The topological polar surface area (TPSA) is 87.3 Å². The minimum atomic E-state index is -0.268. The largest absolute Gasteiger partial charge is 0.377 e. The summed E-state index contributed by atoms with van der Waals surface area (Å²) in [5.74, 6) is -0.215. The van der Waals surface area contributed by atoms with Gasteiger partial charge in [0.1, 0.15) is 0 Å². The second-order valence-corrected chi connectivity index (χ2v) is 6.18. The van der Waals surface area contributed by atoms with Crippen molar-refractivity contribution in [3.63, 3.8) is 0 Å². The van der Waals surface area contributed by atoms with E-state index in [0.717, 1.165) is 30.3 Å². The molecule has 1 aromatic carbocycles.